The van der Waals surface area contributed by atoms with Gasteiger partial charge in [-0.1, -0.05) is 12.1 Å². The van der Waals surface area contributed by atoms with E-state index in [-0.39, 0.29) is 24.1 Å². The molecule has 3 N–H and O–H groups in total. The minimum Gasteiger partial charge on any atom is -0.481 e. The molecule has 0 bridgehead atoms. The van der Waals surface area contributed by atoms with Gasteiger partial charge in [0.1, 0.15) is 5.75 Å². The zero-order chi connectivity index (χ0) is 13.7. The lowest BCUT2D eigenvalue weighted by atomic mass is 9.90. The fraction of sp³-hybridized carbons (Fsp3) is 0.417. The van der Waals surface area contributed by atoms with Crippen LogP contribution >= 0.6 is 0 Å². The average Bonchev–Trinajstić information content (AvgIpc) is 2.26. The lowest BCUT2D eigenvalue weighted by molar-refractivity contribution is -0.137. The van der Waals surface area contributed by atoms with Crippen LogP contribution in [0.5, 0.6) is 5.75 Å². The Morgan fingerprint density at radius 1 is 1.39 bits per heavy atom. The summed E-state index contributed by atoms with van der Waals surface area (Å²) in [5.74, 6) is -1.28. The number of alkyl halides is 2. The minimum atomic E-state index is -2.88. The summed E-state index contributed by atoms with van der Waals surface area (Å²) in [6.07, 6.45) is -0.104. The van der Waals surface area contributed by atoms with Crippen LogP contribution in [-0.4, -0.2) is 23.7 Å². The van der Waals surface area contributed by atoms with Gasteiger partial charge in [-0.05, 0) is 24.6 Å². The number of nitrogens with two attached hydrogens (primary N) is 1. The Hall–Kier alpha value is -1.69. The third-order valence-electron chi connectivity index (χ3n) is 2.56. The Bertz CT molecular complexity index is 393. The van der Waals surface area contributed by atoms with Crippen molar-refractivity contribution in [2.24, 2.45) is 5.73 Å². The summed E-state index contributed by atoms with van der Waals surface area (Å²) in [7, 11) is 0. The van der Waals surface area contributed by atoms with Crippen molar-refractivity contribution >= 4 is 5.97 Å². The minimum absolute atomic E-state index is 0.0347. The first-order valence-corrected chi connectivity index (χ1v) is 5.42. The molecular formula is C12H15F2NO3. The summed E-state index contributed by atoms with van der Waals surface area (Å²) in [5.41, 5.74) is 6.41. The Labute approximate surface area is 103 Å². The maximum Gasteiger partial charge on any atom is 0.387 e. The number of benzene rings is 1. The second kappa shape index (κ2) is 6.30. The van der Waals surface area contributed by atoms with Crippen LogP contribution in [0.15, 0.2) is 24.3 Å². The summed E-state index contributed by atoms with van der Waals surface area (Å²) >= 11 is 0. The van der Waals surface area contributed by atoms with Gasteiger partial charge in [-0.2, -0.15) is 8.78 Å². The molecule has 0 fully saturated rings. The molecule has 0 aromatic heterocycles. The molecule has 0 aliphatic carbocycles. The summed E-state index contributed by atoms with van der Waals surface area (Å²) in [5, 5.41) is 8.79. The zero-order valence-corrected chi connectivity index (χ0v) is 9.85. The average molecular weight is 259 g/mol. The third kappa shape index (κ3) is 4.29. The van der Waals surface area contributed by atoms with Gasteiger partial charge in [0.15, 0.2) is 0 Å². The van der Waals surface area contributed by atoms with Crippen LogP contribution in [0.1, 0.15) is 24.8 Å². The van der Waals surface area contributed by atoms with Crippen LogP contribution in [0.2, 0.25) is 0 Å². The molecule has 1 rings (SSSR count). The number of hydrogen-bond donors (Lipinski definition) is 2. The van der Waals surface area contributed by atoms with E-state index < -0.39 is 12.6 Å². The van der Waals surface area contributed by atoms with Crippen molar-refractivity contribution in [1.29, 1.82) is 0 Å². The highest BCUT2D eigenvalue weighted by molar-refractivity contribution is 5.68. The van der Waals surface area contributed by atoms with Gasteiger partial charge in [0, 0.05) is 12.0 Å². The van der Waals surface area contributed by atoms with E-state index in [1.54, 1.807) is 19.1 Å². The van der Waals surface area contributed by atoms with E-state index in [1.807, 2.05) is 0 Å². The van der Waals surface area contributed by atoms with E-state index in [0.717, 1.165) is 0 Å². The smallest absolute Gasteiger partial charge is 0.387 e. The molecular weight excluding hydrogens is 244 g/mol. The Kier molecular flexibility index (Phi) is 5.03. The Morgan fingerprint density at radius 3 is 2.33 bits per heavy atom. The van der Waals surface area contributed by atoms with Crippen LogP contribution < -0.4 is 10.5 Å². The third-order valence-corrected chi connectivity index (χ3v) is 2.56. The molecule has 0 saturated heterocycles. The molecule has 4 nitrogen and oxygen atoms in total. The van der Waals surface area contributed by atoms with Gasteiger partial charge in [-0.25, -0.2) is 0 Å². The Morgan fingerprint density at radius 2 is 1.94 bits per heavy atom. The second-order valence-electron chi connectivity index (χ2n) is 4.01. The van der Waals surface area contributed by atoms with Gasteiger partial charge in [0.2, 0.25) is 0 Å². The maximum atomic E-state index is 12.0. The number of aliphatic carboxylic acids is 1. The van der Waals surface area contributed by atoms with E-state index >= 15 is 0 Å². The van der Waals surface area contributed by atoms with E-state index in [4.69, 9.17) is 10.8 Å². The monoisotopic (exact) mass is 259 g/mol. The molecule has 18 heavy (non-hydrogen) atoms. The number of hydrogen-bond acceptors (Lipinski definition) is 3. The standard InChI is InChI=1S/C12H15F2NO3/c1-7(15)10(6-11(16)17)8-2-4-9(5-3-8)18-12(13)14/h2-5,7,10,12H,6,15H2,1H3,(H,16,17). The number of carboxylic acids is 1. The summed E-state index contributed by atoms with van der Waals surface area (Å²) in [4.78, 5) is 10.7. The number of carbonyl (C=O) groups is 1. The van der Waals surface area contributed by atoms with Crippen LogP contribution in [0.3, 0.4) is 0 Å². The van der Waals surface area contributed by atoms with Crippen molar-refractivity contribution in [2.75, 3.05) is 0 Å². The highest BCUT2D eigenvalue weighted by atomic mass is 19.3. The van der Waals surface area contributed by atoms with Gasteiger partial charge in [-0.3, -0.25) is 4.79 Å². The molecule has 0 heterocycles. The predicted octanol–water partition coefficient (Wildman–Crippen LogP) is 2.19. The van der Waals surface area contributed by atoms with Crippen molar-refractivity contribution in [3.8, 4) is 5.75 Å². The molecule has 2 unspecified atom stereocenters. The van der Waals surface area contributed by atoms with E-state index in [2.05, 4.69) is 4.74 Å². The van der Waals surface area contributed by atoms with Gasteiger partial charge in [0.05, 0.1) is 6.42 Å². The van der Waals surface area contributed by atoms with Crippen LogP contribution in [-0.2, 0) is 4.79 Å². The number of ether oxygens (including phenoxy) is 1. The van der Waals surface area contributed by atoms with Gasteiger partial charge in [-0.15, -0.1) is 0 Å². The first kappa shape index (κ1) is 14.4. The predicted molar refractivity (Wildman–Crippen MR) is 61.7 cm³/mol. The molecule has 1 aromatic carbocycles. The maximum absolute atomic E-state index is 12.0. The molecule has 0 amide bonds. The quantitative estimate of drug-likeness (QED) is 0.821. The molecule has 0 aliphatic heterocycles. The SMILES string of the molecule is CC(N)C(CC(=O)O)c1ccc(OC(F)F)cc1. The van der Waals surface area contributed by atoms with Crippen molar-refractivity contribution in [3.05, 3.63) is 29.8 Å². The first-order chi connectivity index (χ1) is 8.40. The first-order valence-electron chi connectivity index (χ1n) is 5.42. The normalized spacial score (nSPS) is 14.3. The highest BCUT2D eigenvalue weighted by Crippen LogP contribution is 2.25. The molecule has 0 saturated carbocycles. The molecule has 0 radical (unpaired) electrons. The molecule has 0 aliphatic rings. The second-order valence-corrected chi connectivity index (χ2v) is 4.01. The largest absolute Gasteiger partial charge is 0.481 e. The number of rotatable bonds is 6. The zero-order valence-electron chi connectivity index (χ0n) is 9.85. The van der Waals surface area contributed by atoms with Crippen LogP contribution in [0.4, 0.5) is 8.78 Å². The number of halogens is 2. The number of carboxylic acid groups (broad SMARTS) is 1. The fourth-order valence-corrected chi connectivity index (χ4v) is 1.69. The highest BCUT2D eigenvalue weighted by Gasteiger charge is 2.19. The van der Waals surface area contributed by atoms with Crippen LogP contribution in [0, 0.1) is 0 Å². The van der Waals surface area contributed by atoms with Gasteiger partial charge < -0.3 is 15.6 Å². The molecule has 6 heteroatoms. The lowest BCUT2D eigenvalue weighted by Gasteiger charge is -2.19. The van der Waals surface area contributed by atoms with E-state index in [9.17, 15) is 13.6 Å². The van der Waals surface area contributed by atoms with E-state index in [0.29, 0.717) is 5.56 Å². The lowest BCUT2D eigenvalue weighted by Crippen LogP contribution is -2.26. The van der Waals surface area contributed by atoms with Crippen molar-refractivity contribution < 1.29 is 23.4 Å². The Balaban J connectivity index is 2.83. The summed E-state index contributed by atoms with van der Waals surface area (Å²) < 4.78 is 28.1. The summed E-state index contributed by atoms with van der Waals surface area (Å²) in [6, 6.07) is 5.50. The molecule has 1 aromatic rings. The van der Waals surface area contributed by atoms with Gasteiger partial charge in [0.25, 0.3) is 0 Å². The molecule has 2 atom stereocenters. The molecule has 0 spiro atoms. The molecule has 100 valence electrons. The van der Waals surface area contributed by atoms with Crippen molar-refractivity contribution in [1.82, 2.24) is 0 Å². The van der Waals surface area contributed by atoms with E-state index in [1.165, 1.54) is 12.1 Å². The van der Waals surface area contributed by atoms with Crippen molar-refractivity contribution in [2.45, 2.75) is 31.9 Å². The summed E-state index contributed by atoms with van der Waals surface area (Å²) in [6.45, 7) is -1.17. The van der Waals surface area contributed by atoms with Crippen LogP contribution in [0.25, 0.3) is 0 Å². The van der Waals surface area contributed by atoms with Gasteiger partial charge >= 0.3 is 12.6 Å². The van der Waals surface area contributed by atoms with Crippen molar-refractivity contribution in [3.63, 3.8) is 0 Å². The fourth-order valence-electron chi connectivity index (χ4n) is 1.69. The topological polar surface area (TPSA) is 72.6 Å².